The van der Waals surface area contributed by atoms with Gasteiger partial charge in [0, 0.05) is 11.9 Å². The van der Waals surface area contributed by atoms with Gasteiger partial charge < -0.3 is 10.4 Å². The van der Waals surface area contributed by atoms with Crippen molar-refractivity contribution in [3.05, 3.63) is 47.3 Å². The summed E-state index contributed by atoms with van der Waals surface area (Å²) in [4.78, 5) is 23.0. The van der Waals surface area contributed by atoms with Crippen LogP contribution in [0.15, 0.2) is 30.6 Å². The lowest BCUT2D eigenvalue weighted by molar-refractivity contribution is -0.140. The molecule has 0 radical (unpaired) electrons. The molecular weight excluding hydrogens is 270 g/mol. The molecular formula is C15H17N3O3. The number of benzene rings is 1. The summed E-state index contributed by atoms with van der Waals surface area (Å²) >= 11 is 0. The van der Waals surface area contributed by atoms with Gasteiger partial charge in [-0.25, -0.2) is 4.79 Å². The van der Waals surface area contributed by atoms with E-state index in [0.29, 0.717) is 11.3 Å². The number of nitrogens with zero attached hydrogens (tertiary/aromatic N) is 2. The Morgan fingerprint density at radius 3 is 2.43 bits per heavy atom. The van der Waals surface area contributed by atoms with E-state index in [1.165, 1.54) is 24.0 Å². The topological polar surface area (TPSA) is 84.2 Å². The van der Waals surface area contributed by atoms with Gasteiger partial charge in [-0.2, -0.15) is 5.10 Å². The largest absolute Gasteiger partial charge is 0.480 e. The van der Waals surface area contributed by atoms with Crippen molar-refractivity contribution in [1.29, 1.82) is 0 Å². The van der Waals surface area contributed by atoms with Crippen molar-refractivity contribution in [2.24, 2.45) is 0 Å². The number of hydrogen-bond acceptors (Lipinski definition) is 3. The number of amides is 1. The first-order valence-corrected chi connectivity index (χ1v) is 6.53. The third-order valence-electron chi connectivity index (χ3n) is 3.10. The normalized spacial score (nSPS) is 12.0. The number of carbonyl (C=O) groups excluding carboxylic acids is 1. The van der Waals surface area contributed by atoms with Crippen molar-refractivity contribution >= 4 is 17.6 Å². The van der Waals surface area contributed by atoms with Gasteiger partial charge in [-0.1, -0.05) is 6.07 Å². The van der Waals surface area contributed by atoms with Gasteiger partial charge in [-0.3, -0.25) is 9.48 Å². The summed E-state index contributed by atoms with van der Waals surface area (Å²) < 4.78 is 1.25. The lowest BCUT2D eigenvalue weighted by atomic mass is 10.1. The Hall–Kier alpha value is -2.63. The molecule has 0 aliphatic heterocycles. The first kappa shape index (κ1) is 14.8. The number of aryl methyl sites for hydroxylation is 2. The van der Waals surface area contributed by atoms with Crippen molar-refractivity contribution in [1.82, 2.24) is 9.78 Å². The fraction of sp³-hybridized carbons (Fsp3) is 0.267. The molecule has 0 aliphatic rings. The van der Waals surface area contributed by atoms with E-state index >= 15 is 0 Å². The number of hydrogen-bond donors (Lipinski definition) is 2. The fourth-order valence-corrected chi connectivity index (χ4v) is 2.03. The van der Waals surface area contributed by atoms with E-state index < -0.39 is 12.0 Å². The monoisotopic (exact) mass is 287 g/mol. The van der Waals surface area contributed by atoms with Crippen LogP contribution in [0.4, 0.5) is 5.69 Å². The molecule has 0 spiro atoms. The van der Waals surface area contributed by atoms with E-state index in [1.54, 1.807) is 0 Å². The van der Waals surface area contributed by atoms with Crippen molar-refractivity contribution < 1.29 is 14.7 Å². The van der Waals surface area contributed by atoms with Gasteiger partial charge >= 0.3 is 5.97 Å². The lowest BCUT2D eigenvalue weighted by Crippen LogP contribution is -2.16. The van der Waals surface area contributed by atoms with Crippen LogP contribution in [-0.4, -0.2) is 26.8 Å². The van der Waals surface area contributed by atoms with Crippen LogP contribution in [0.25, 0.3) is 0 Å². The van der Waals surface area contributed by atoms with Crippen molar-refractivity contribution in [3.63, 3.8) is 0 Å². The summed E-state index contributed by atoms with van der Waals surface area (Å²) in [6.07, 6.45) is 2.79. The minimum absolute atomic E-state index is 0.316. The molecule has 0 fully saturated rings. The van der Waals surface area contributed by atoms with Crippen LogP contribution in [0.5, 0.6) is 0 Å². The molecule has 2 rings (SSSR count). The summed E-state index contributed by atoms with van der Waals surface area (Å²) in [7, 11) is 0. The predicted octanol–water partition coefficient (Wildman–Crippen LogP) is 2.40. The standard InChI is InChI=1S/C15H17N3O3/c1-9-4-10(2)6-13(5-9)17-14(19)12-7-16-18(8-12)11(3)15(20)21/h4-8,11H,1-3H3,(H,17,19)(H,20,21). The summed E-state index contributed by atoms with van der Waals surface area (Å²) in [6.45, 7) is 5.41. The summed E-state index contributed by atoms with van der Waals surface area (Å²) in [5.41, 5.74) is 3.14. The second-order valence-electron chi connectivity index (χ2n) is 5.05. The number of carboxylic acids is 1. The zero-order chi connectivity index (χ0) is 15.6. The van der Waals surface area contributed by atoms with Crippen LogP contribution in [0, 0.1) is 13.8 Å². The van der Waals surface area contributed by atoms with Gasteiger partial charge in [0.1, 0.15) is 6.04 Å². The zero-order valence-corrected chi connectivity index (χ0v) is 12.1. The zero-order valence-electron chi connectivity index (χ0n) is 12.1. The van der Waals surface area contributed by atoms with Crippen molar-refractivity contribution in [3.8, 4) is 0 Å². The Morgan fingerprint density at radius 1 is 1.24 bits per heavy atom. The highest BCUT2D eigenvalue weighted by molar-refractivity contribution is 6.04. The second kappa shape index (κ2) is 5.78. The molecule has 6 nitrogen and oxygen atoms in total. The van der Waals surface area contributed by atoms with Crippen LogP contribution < -0.4 is 5.32 Å². The Labute approximate surface area is 122 Å². The number of aromatic nitrogens is 2. The maximum Gasteiger partial charge on any atom is 0.328 e. The van der Waals surface area contributed by atoms with Crippen LogP contribution in [0.3, 0.4) is 0 Å². The first-order chi connectivity index (χ1) is 9.86. The number of nitrogens with one attached hydrogen (secondary N) is 1. The summed E-state index contributed by atoms with van der Waals surface area (Å²) in [5.74, 6) is -1.32. The second-order valence-corrected chi connectivity index (χ2v) is 5.05. The van der Waals surface area contributed by atoms with E-state index in [0.717, 1.165) is 11.1 Å². The Morgan fingerprint density at radius 2 is 1.86 bits per heavy atom. The molecule has 0 saturated carbocycles. The molecule has 6 heteroatoms. The van der Waals surface area contributed by atoms with Gasteiger partial charge in [-0.05, 0) is 44.0 Å². The van der Waals surface area contributed by atoms with Crippen molar-refractivity contribution in [2.75, 3.05) is 5.32 Å². The number of aliphatic carboxylic acids is 1. The van der Waals surface area contributed by atoms with E-state index in [2.05, 4.69) is 10.4 Å². The molecule has 0 saturated heterocycles. The molecule has 1 atom stereocenters. The first-order valence-electron chi connectivity index (χ1n) is 6.53. The average Bonchev–Trinajstić information content (AvgIpc) is 2.85. The number of anilines is 1. The molecule has 1 aromatic heterocycles. The molecule has 0 aliphatic carbocycles. The third kappa shape index (κ3) is 3.47. The lowest BCUT2D eigenvalue weighted by Gasteiger charge is -2.07. The van der Waals surface area contributed by atoms with E-state index in [1.807, 2.05) is 32.0 Å². The number of rotatable bonds is 4. The van der Waals surface area contributed by atoms with Gasteiger partial charge in [-0.15, -0.1) is 0 Å². The minimum Gasteiger partial charge on any atom is -0.480 e. The number of carbonyl (C=O) groups is 2. The maximum absolute atomic E-state index is 12.1. The third-order valence-corrected chi connectivity index (χ3v) is 3.10. The molecule has 1 aromatic carbocycles. The van der Waals surface area contributed by atoms with Gasteiger partial charge in [0.05, 0.1) is 11.8 Å². The molecule has 0 bridgehead atoms. The minimum atomic E-state index is -1.00. The predicted molar refractivity (Wildman–Crippen MR) is 78.4 cm³/mol. The molecule has 110 valence electrons. The van der Waals surface area contributed by atoms with Crippen LogP contribution in [0.2, 0.25) is 0 Å². The molecule has 2 aromatic rings. The highest BCUT2D eigenvalue weighted by Gasteiger charge is 2.16. The van der Waals surface area contributed by atoms with E-state index in [9.17, 15) is 9.59 Å². The van der Waals surface area contributed by atoms with Gasteiger partial charge in [0.25, 0.3) is 5.91 Å². The number of carboxylic acid groups (broad SMARTS) is 1. The Kier molecular flexibility index (Phi) is 4.07. The Balaban J connectivity index is 2.15. The summed E-state index contributed by atoms with van der Waals surface area (Å²) in [5, 5.41) is 15.6. The highest BCUT2D eigenvalue weighted by atomic mass is 16.4. The van der Waals surface area contributed by atoms with Crippen LogP contribution >= 0.6 is 0 Å². The highest BCUT2D eigenvalue weighted by Crippen LogP contribution is 2.15. The maximum atomic E-state index is 12.1. The molecule has 1 heterocycles. The molecule has 21 heavy (non-hydrogen) atoms. The van der Waals surface area contributed by atoms with Gasteiger partial charge in [0.2, 0.25) is 0 Å². The average molecular weight is 287 g/mol. The molecule has 1 unspecified atom stereocenters. The quantitative estimate of drug-likeness (QED) is 0.904. The van der Waals surface area contributed by atoms with Crippen LogP contribution in [0.1, 0.15) is 34.5 Å². The van der Waals surface area contributed by atoms with E-state index in [4.69, 9.17) is 5.11 Å². The fourth-order valence-electron chi connectivity index (χ4n) is 2.03. The van der Waals surface area contributed by atoms with E-state index in [-0.39, 0.29) is 5.91 Å². The van der Waals surface area contributed by atoms with Crippen molar-refractivity contribution in [2.45, 2.75) is 26.8 Å². The van der Waals surface area contributed by atoms with Gasteiger partial charge in [0.15, 0.2) is 0 Å². The summed E-state index contributed by atoms with van der Waals surface area (Å²) in [6, 6.07) is 4.94. The van der Waals surface area contributed by atoms with Crippen LogP contribution in [-0.2, 0) is 4.79 Å². The molecule has 2 N–H and O–H groups in total. The SMILES string of the molecule is Cc1cc(C)cc(NC(=O)c2cnn(C(C)C(=O)O)c2)c1. The molecule has 1 amide bonds. The smallest absolute Gasteiger partial charge is 0.328 e. The Bertz CT molecular complexity index is 671.